The minimum absolute atomic E-state index is 0.0323. The van der Waals surface area contributed by atoms with Gasteiger partial charge in [-0.2, -0.15) is 5.26 Å². The molecule has 0 unspecified atom stereocenters. The van der Waals surface area contributed by atoms with Crippen LogP contribution >= 0.6 is 0 Å². The van der Waals surface area contributed by atoms with Gasteiger partial charge in [0.1, 0.15) is 17.3 Å². The van der Waals surface area contributed by atoms with Crippen molar-refractivity contribution in [1.82, 2.24) is 0 Å². The molecule has 0 heterocycles. The third kappa shape index (κ3) is 4.68. The predicted molar refractivity (Wildman–Crippen MR) is 99.6 cm³/mol. The zero-order valence-electron chi connectivity index (χ0n) is 14.4. The summed E-state index contributed by atoms with van der Waals surface area (Å²) in [7, 11) is 0. The Morgan fingerprint density at radius 2 is 1.85 bits per heavy atom. The molecule has 7 heteroatoms. The van der Waals surface area contributed by atoms with Crippen LogP contribution in [0.2, 0.25) is 0 Å². The van der Waals surface area contributed by atoms with Gasteiger partial charge in [0.15, 0.2) is 0 Å². The topological polar surface area (TPSA) is 108 Å². The number of benzene rings is 2. The van der Waals surface area contributed by atoms with Crippen molar-refractivity contribution in [2.45, 2.75) is 19.8 Å². The molecule has 0 saturated carbocycles. The number of amides is 1. The Balaban J connectivity index is 2.12. The zero-order valence-corrected chi connectivity index (χ0v) is 14.4. The highest BCUT2D eigenvalue weighted by atomic mass is 16.6. The van der Waals surface area contributed by atoms with Crippen molar-refractivity contribution in [3.05, 3.63) is 76.0 Å². The second-order valence-corrected chi connectivity index (χ2v) is 5.82. The molecule has 0 aliphatic heterocycles. The van der Waals surface area contributed by atoms with Crippen molar-refractivity contribution in [2.24, 2.45) is 0 Å². The highest BCUT2D eigenvalue weighted by Crippen LogP contribution is 2.23. The summed E-state index contributed by atoms with van der Waals surface area (Å²) in [4.78, 5) is 22.6. The minimum Gasteiger partial charge on any atom is -0.360 e. The van der Waals surface area contributed by atoms with Crippen LogP contribution < -0.4 is 10.6 Å². The fourth-order valence-corrected chi connectivity index (χ4v) is 2.20. The summed E-state index contributed by atoms with van der Waals surface area (Å²) in [6.45, 7) is 4.17. The number of nitriles is 1. The van der Waals surface area contributed by atoms with Gasteiger partial charge in [-0.15, -0.1) is 0 Å². The molecule has 0 fully saturated rings. The second kappa shape index (κ2) is 8.44. The summed E-state index contributed by atoms with van der Waals surface area (Å²) in [6, 6.07) is 15.1. The first-order chi connectivity index (χ1) is 12.4. The standard InChI is InChI=1S/C19H18N4O3/c1-13(2)14-7-9-16(10-8-14)21-12-15(11-20)19(24)22-17-5-3-4-6-18(17)23(25)26/h3-10,12-13,21H,1-2H3,(H,22,24)/b15-12-. The molecule has 2 rings (SSSR count). The predicted octanol–water partition coefficient (Wildman–Crippen LogP) is 4.18. The van der Waals surface area contributed by atoms with E-state index in [0.29, 0.717) is 5.92 Å². The Bertz CT molecular complexity index is 880. The van der Waals surface area contributed by atoms with Crippen LogP contribution in [0.15, 0.2) is 60.3 Å². The Morgan fingerprint density at radius 1 is 1.19 bits per heavy atom. The SMILES string of the molecule is CC(C)c1ccc(N/C=C(/C#N)C(=O)Nc2ccccc2[N+](=O)[O-])cc1. The van der Waals surface area contributed by atoms with Crippen molar-refractivity contribution in [3.63, 3.8) is 0 Å². The van der Waals surface area contributed by atoms with Crippen LogP contribution in [0.5, 0.6) is 0 Å². The molecule has 132 valence electrons. The maximum Gasteiger partial charge on any atom is 0.292 e. The van der Waals surface area contributed by atoms with Crippen molar-refractivity contribution in [3.8, 4) is 6.07 Å². The number of nitro groups is 1. The van der Waals surface area contributed by atoms with Crippen molar-refractivity contribution >= 4 is 23.0 Å². The first kappa shape index (κ1) is 18.7. The lowest BCUT2D eigenvalue weighted by Crippen LogP contribution is -2.15. The second-order valence-electron chi connectivity index (χ2n) is 5.82. The van der Waals surface area contributed by atoms with E-state index in [1.807, 2.05) is 24.3 Å². The van der Waals surface area contributed by atoms with Crippen LogP contribution in [0.3, 0.4) is 0 Å². The fourth-order valence-electron chi connectivity index (χ4n) is 2.20. The molecular formula is C19H18N4O3. The quantitative estimate of drug-likeness (QED) is 0.352. The monoisotopic (exact) mass is 350 g/mol. The molecule has 0 atom stereocenters. The van der Waals surface area contributed by atoms with E-state index in [1.165, 1.54) is 30.0 Å². The molecule has 0 radical (unpaired) electrons. The van der Waals surface area contributed by atoms with Gasteiger partial charge in [-0.3, -0.25) is 14.9 Å². The van der Waals surface area contributed by atoms with Crippen molar-refractivity contribution < 1.29 is 9.72 Å². The lowest BCUT2D eigenvalue weighted by atomic mass is 10.0. The zero-order chi connectivity index (χ0) is 19.1. The van der Waals surface area contributed by atoms with Crippen molar-refractivity contribution in [2.75, 3.05) is 10.6 Å². The molecule has 0 aromatic heterocycles. The Labute approximate surface area is 151 Å². The first-order valence-corrected chi connectivity index (χ1v) is 7.94. The molecule has 0 aliphatic rings. The summed E-state index contributed by atoms with van der Waals surface area (Å²) in [6.07, 6.45) is 1.27. The minimum atomic E-state index is -0.729. The van der Waals surface area contributed by atoms with Crippen LogP contribution in [0.1, 0.15) is 25.3 Å². The van der Waals surface area contributed by atoms with E-state index in [1.54, 1.807) is 12.1 Å². The molecule has 2 aromatic carbocycles. The summed E-state index contributed by atoms with van der Waals surface area (Å²) in [5, 5.41) is 25.5. The molecule has 2 N–H and O–H groups in total. The smallest absolute Gasteiger partial charge is 0.292 e. The average molecular weight is 350 g/mol. The van der Waals surface area contributed by atoms with E-state index in [9.17, 15) is 20.2 Å². The number of nitrogens with zero attached hydrogens (tertiary/aromatic N) is 2. The number of hydrogen-bond acceptors (Lipinski definition) is 5. The molecule has 2 aromatic rings. The van der Waals surface area contributed by atoms with Gasteiger partial charge < -0.3 is 10.6 Å². The highest BCUT2D eigenvalue weighted by Gasteiger charge is 2.17. The van der Waals surface area contributed by atoms with Crippen LogP contribution in [-0.4, -0.2) is 10.8 Å². The van der Waals surface area contributed by atoms with Gasteiger partial charge in [0.25, 0.3) is 11.6 Å². The molecule has 0 spiro atoms. The van der Waals surface area contributed by atoms with Crippen LogP contribution in [0.25, 0.3) is 0 Å². The molecule has 0 aliphatic carbocycles. The summed E-state index contributed by atoms with van der Waals surface area (Å²) >= 11 is 0. The van der Waals surface area contributed by atoms with E-state index in [-0.39, 0.29) is 16.9 Å². The van der Waals surface area contributed by atoms with Gasteiger partial charge >= 0.3 is 0 Å². The molecule has 0 saturated heterocycles. The maximum absolute atomic E-state index is 12.2. The molecular weight excluding hydrogens is 332 g/mol. The normalized spacial score (nSPS) is 10.9. The van der Waals surface area contributed by atoms with Crippen LogP contribution in [0, 0.1) is 21.4 Å². The van der Waals surface area contributed by atoms with Crippen LogP contribution in [-0.2, 0) is 4.79 Å². The largest absolute Gasteiger partial charge is 0.360 e. The van der Waals surface area contributed by atoms with Gasteiger partial charge in [0.2, 0.25) is 0 Å². The van der Waals surface area contributed by atoms with Gasteiger partial charge in [-0.25, -0.2) is 0 Å². The molecule has 1 amide bonds. The molecule has 7 nitrogen and oxygen atoms in total. The van der Waals surface area contributed by atoms with E-state index in [2.05, 4.69) is 24.5 Å². The van der Waals surface area contributed by atoms with E-state index in [4.69, 9.17) is 0 Å². The number of nitrogens with one attached hydrogen (secondary N) is 2. The Hall–Kier alpha value is -3.66. The molecule has 26 heavy (non-hydrogen) atoms. The lowest BCUT2D eigenvalue weighted by molar-refractivity contribution is -0.383. The van der Waals surface area contributed by atoms with Gasteiger partial charge in [-0.05, 0) is 29.7 Å². The third-order valence-electron chi connectivity index (χ3n) is 3.67. The Morgan fingerprint density at radius 3 is 2.42 bits per heavy atom. The fraction of sp³-hybridized carbons (Fsp3) is 0.158. The van der Waals surface area contributed by atoms with E-state index in [0.717, 1.165) is 5.69 Å². The van der Waals surface area contributed by atoms with Gasteiger partial charge in [0, 0.05) is 18.0 Å². The number of carbonyl (C=O) groups excluding carboxylic acids is 1. The van der Waals surface area contributed by atoms with Crippen molar-refractivity contribution in [1.29, 1.82) is 5.26 Å². The summed E-state index contributed by atoms with van der Waals surface area (Å²) in [5.74, 6) is -0.324. The van der Waals surface area contributed by atoms with E-state index >= 15 is 0 Å². The summed E-state index contributed by atoms with van der Waals surface area (Å²) in [5.41, 5.74) is 1.49. The van der Waals surface area contributed by atoms with Gasteiger partial charge in [0.05, 0.1) is 4.92 Å². The van der Waals surface area contributed by atoms with E-state index < -0.39 is 10.8 Å². The lowest BCUT2D eigenvalue weighted by Gasteiger charge is -2.08. The maximum atomic E-state index is 12.2. The van der Waals surface area contributed by atoms with Gasteiger partial charge in [-0.1, -0.05) is 38.1 Å². The average Bonchev–Trinajstić information content (AvgIpc) is 2.63. The highest BCUT2D eigenvalue weighted by molar-refractivity contribution is 6.07. The van der Waals surface area contributed by atoms with Crippen LogP contribution in [0.4, 0.5) is 17.1 Å². The third-order valence-corrected chi connectivity index (χ3v) is 3.67. The first-order valence-electron chi connectivity index (χ1n) is 7.94. The summed E-state index contributed by atoms with van der Waals surface area (Å²) < 4.78 is 0. The number of carbonyl (C=O) groups is 1. The number of para-hydroxylation sites is 2. The molecule has 0 bridgehead atoms. The number of hydrogen-bond donors (Lipinski definition) is 2. The number of nitro benzene ring substituents is 1. The number of anilines is 2. The number of rotatable bonds is 6. The Kier molecular flexibility index (Phi) is 6.06.